The van der Waals surface area contributed by atoms with Gasteiger partial charge in [-0.2, -0.15) is 0 Å². The molecule has 0 fully saturated rings. The van der Waals surface area contributed by atoms with Crippen LogP contribution in [0.2, 0.25) is 0 Å². The maximum absolute atomic E-state index is 13.2. The van der Waals surface area contributed by atoms with E-state index in [4.69, 9.17) is 0 Å². The fourth-order valence-electron chi connectivity index (χ4n) is 3.81. The fourth-order valence-corrected chi connectivity index (χ4v) is 4.07. The van der Waals surface area contributed by atoms with Crippen LogP contribution in [0.3, 0.4) is 0 Å². The van der Waals surface area contributed by atoms with Gasteiger partial charge in [0.15, 0.2) is 0 Å². The van der Waals surface area contributed by atoms with Gasteiger partial charge in [0.25, 0.3) is 11.6 Å². The van der Waals surface area contributed by atoms with E-state index in [2.05, 4.69) is 15.9 Å². The van der Waals surface area contributed by atoms with Gasteiger partial charge in [0, 0.05) is 28.7 Å². The van der Waals surface area contributed by atoms with Crippen LogP contribution in [-0.4, -0.2) is 15.7 Å². The van der Waals surface area contributed by atoms with E-state index in [-0.39, 0.29) is 11.6 Å². The van der Waals surface area contributed by atoms with Crippen LogP contribution in [0.15, 0.2) is 77.3 Å². The molecule has 0 N–H and O–H groups in total. The smallest absolute Gasteiger partial charge is 0.269 e. The van der Waals surface area contributed by atoms with Crippen molar-refractivity contribution in [2.45, 2.75) is 19.0 Å². The Morgan fingerprint density at radius 2 is 1.64 bits per heavy atom. The lowest BCUT2D eigenvalue weighted by Crippen LogP contribution is -2.41. The first kappa shape index (κ1) is 18.4. The average molecular weight is 437 g/mol. The van der Waals surface area contributed by atoms with E-state index in [0.29, 0.717) is 12.1 Å². The first-order valence-corrected chi connectivity index (χ1v) is 9.61. The first-order valence-electron chi connectivity index (χ1n) is 8.82. The molecule has 0 aromatic heterocycles. The summed E-state index contributed by atoms with van der Waals surface area (Å²) in [4.78, 5) is 25.6. The SMILES string of the molecule is CC1(c2ccc(Br)cc2)c2ccccc2C(=O)N1Cc1ccc([N+](=O)[O-])cc1. The van der Waals surface area contributed by atoms with Crippen molar-refractivity contribution in [3.05, 3.63) is 110 Å². The highest BCUT2D eigenvalue weighted by Crippen LogP contribution is 2.44. The molecule has 0 spiro atoms. The third kappa shape index (κ3) is 2.90. The van der Waals surface area contributed by atoms with Gasteiger partial charge in [0.2, 0.25) is 0 Å². The monoisotopic (exact) mass is 436 g/mol. The van der Waals surface area contributed by atoms with Crippen LogP contribution in [0.25, 0.3) is 0 Å². The fraction of sp³-hybridized carbons (Fsp3) is 0.136. The van der Waals surface area contributed by atoms with Crippen molar-refractivity contribution in [2.24, 2.45) is 0 Å². The van der Waals surface area contributed by atoms with Crippen molar-refractivity contribution in [1.29, 1.82) is 0 Å². The predicted molar refractivity (Wildman–Crippen MR) is 110 cm³/mol. The number of carbonyl (C=O) groups excluding carboxylic acids is 1. The highest BCUT2D eigenvalue weighted by molar-refractivity contribution is 9.10. The molecule has 0 radical (unpaired) electrons. The second-order valence-corrected chi connectivity index (χ2v) is 7.86. The highest BCUT2D eigenvalue weighted by Gasteiger charge is 2.47. The van der Waals surface area contributed by atoms with Crippen LogP contribution in [0.4, 0.5) is 5.69 Å². The van der Waals surface area contributed by atoms with Crippen LogP contribution >= 0.6 is 15.9 Å². The number of fused-ring (bicyclic) bond motifs is 1. The number of carbonyl (C=O) groups is 1. The van der Waals surface area contributed by atoms with Gasteiger partial charge in [-0.05, 0) is 41.8 Å². The molecule has 0 aliphatic carbocycles. The lowest BCUT2D eigenvalue weighted by Gasteiger charge is -2.37. The normalized spacial score (nSPS) is 18.2. The summed E-state index contributed by atoms with van der Waals surface area (Å²) in [7, 11) is 0. The standard InChI is InChI=1S/C22H17BrN2O3/c1-22(16-8-10-17(23)11-9-16)20-5-3-2-4-19(20)21(26)24(22)14-15-6-12-18(13-7-15)25(27)28/h2-13H,14H2,1H3. The van der Waals surface area contributed by atoms with Crippen LogP contribution < -0.4 is 0 Å². The molecular formula is C22H17BrN2O3. The van der Waals surface area contributed by atoms with Gasteiger partial charge >= 0.3 is 0 Å². The molecule has 5 nitrogen and oxygen atoms in total. The summed E-state index contributed by atoms with van der Waals surface area (Å²) in [5.74, 6) is -0.0422. The number of hydrogen-bond donors (Lipinski definition) is 0. The van der Waals surface area contributed by atoms with Crippen LogP contribution in [0.1, 0.15) is 34.0 Å². The lowest BCUT2D eigenvalue weighted by atomic mass is 9.84. The zero-order valence-electron chi connectivity index (χ0n) is 15.1. The molecule has 6 heteroatoms. The molecular weight excluding hydrogens is 420 g/mol. The van der Waals surface area contributed by atoms with Crippen molar-refractivity contribution >= 4 is 27.5 Å². The highest BCUT2D eigenvalue weighted by atomic mass is 79.9. The van der Waals surface area contributed by atoms with Gasteiger partial charge in [-0.1, -0.05) is 58.4 Å². The van der Waals surface area contributed by atoms with Crippen LogP contribution in [0.5, 0.6) is 0 Å². The predicted octanol–water partition coefficient (Wildman–Crippen LogP) is 5.28. The maximum Gasteiger partial charge on any atom is 0.269 e. The zero-order chi connectivity index (χ0) is 19.9. The lowest BCUT2D eigenvalue weighted by molar-refractivity contribution is -0.384. The van der Waals surface area contributed by atoms with Gasteiger partial charge in [-0.25, -0.2) is 0 Å². The summed E-state index contributed by atoms with van der Waals surface area (Å²) < 4.78 is 0.972. The minimum absolute atomic E-state index is 0.0375. The quantitative estimate of drug-likeness (QED) is 0.412. The Morgan fingerprint density at radius 3 is 2.29 bits per heavy atom. The molecule has 1 aliphatic rings. The van der Waals surface area contributed by atoms with E-state index >= 15 is 0 Å². The molecule has 0 saturated heterocycles. The van der Waals surface area contributed by atoms with E-state index in [9.17, 15) is 14.9 Å². The maximum atomic E-state index is 13.2. The van der Waals surface area contributed by atoms with E-state index in [1.54, 1.807) is 12.1 Å². The second kappa shape index (κ2) is 6.87. The van der Waals surface area contributed by atoms with Crippen molar-refractivity contribution in [1.82, 2.24) is 4.90 Å². The third-order valence-electron chi connectivity index (χ3n) is 5.36. The molecule has 140 valence electrons. The van der Waals surface area contributed by atoms with Crippen molar-refractivity contribution in [3.8, 4) is 0 Å². The molecule has 1 atom stereocenters. The Hall–Kier alpha value is -2.99. The molecule has 1 amide bonds. The number of amides is 1. The van der Waals surface area contributed by atoms with Crippen molar-refractivity contribution < 1.29 is 9.72 Å². The molecule has 1 aliphatic heterocycles. The summed E-state index contributed by atoms with van der Waals surface area (Å²) in [6.45, 7) is 2.41. The van der Waals surface area contributed by atoms with Gasteiger partial charge in [0.05, 0.1) is 10.5 Å². The topological polar surface area (TPSA) is 63.5 Å². The molecule has 4 rings (SSSR count). The van der Waals surface area contributed by atoms with Crippen LogP contribution in [0, 0.1) is 10.1 Å². The zero-order valence-corrected chi connectivity index (χ0v) is 16.7. The number of benzene rings is 3. The number of nitro groups is 1. The molecule has 28 heavy (non-hydrogen) atoms. The van der Waals surface area contributed by atoms with Gasteiger partial charge in [-0.3, -0.25) is 14.9 Å². The summed E-state index contributed by atoms with van der Waals surface area (Å²) in [6, 6.07) is 22.0. The van der Waals surface area contributed by atoms with E-state index in [0.717, 1.165) is 21.2 Å². The number of nitrogens with zero attached hydrogens (tertiary/aromatic N) is 2. The summed E-state index contributed by atoms with van der Waals surface area (Å²) >= 11 is 3.47. The molecule has 1 heterocycles. The molecule has 0 bridgehead atoms. The molecule has 3 aromatic rings. The van der Waals surface area contributed by atoms with E-state index in [1.165, 1.54) is 12.1 Å². The molecule has 1 unspecified atom stereocenters. The number of non-ortho nitro benzene ring substituents is 1. The van der Waals surface area contributed by atoms with E-state index in [1.807, 2.05) is 60.4 Å². The Labute approximate surface area is 170 Å². The minimum Gasteiger partial charge on any atom is -0.321 e. The Kier molecular flexibility index (Phi) is 4.51. The van der Waals surface area contributed by atoms with Gasteiger partial charge in [0.1, 0.15) is 0 Å². The third-order valence-corrected chi connectivity index (χ3v) is 5.89. The largest absolute Gasteiger partial charge is 0.321 e. The van der Waals surface area contributed by atoms with Crippen molar-refractivity contribution in [3.63, 3.8) is 0 Å². The Bertz CT molecular complexity index is 1060. The number of rotatable bonds is 4. The molecule has 0 saturated carbocycles. The van der Waals surface area contributed by atoms with E-state index < -0.39 is 10.5 Å². The van der Waals surface area contributed by atoms with Gasteiger partial charge in [-0.15, -0.1) is 0 Å². The summed E-state index contributed by atoms with van der Waals surface area (Å²) in [5, 5.41) is 10.9. The Balaban J connectivity index is 1.79. The summed E-state index contributed by atoms with van der Waals surface area (Å²) in [5.41, 5.74) is 2.91. The van der Waals surface area contributed by atoms with Crippen LogP contribution in [-0.2, 0) is 12.1 Å². The number of hydrogen-bond acceptors (Lipinski definition) is 3. The summed E-state index contributed by atoms with van der Waals surface area (Å²) in [6.07, 6.45) is 0. The second-order valence-electron chi connectivity index (χ2n) is 6.94. The number of halogens is 1. The molecule has 3 aromatic carbocycles. The van der Waals surface area contributed by atoms with Crippen molar-refractivity contribution in [2.75, 3.05) is 0 Å². The van der Waals surface area contributed by atoms with Gasteiger partial charge < -0.3 is 4.90 Å². The minimum atomic E-state index is -0.629. The number of nitro benzene ring substituents is 1. The Morgan fingerprint density at radius 1 is 1.00 bits per heavy atom. The average Bonchev–Trinajstić information content (AvgIpc) is 2.92. The first-order chi connectivity index (χ1) is 13.4.